The van der Waals surface area contributed by atoms with E-state index in [9.17, 15) is 9.50 Å². The van der Waals surface area contributed by atoms with Gasteiger partial charge in [-0.05, 0) is 33.6 Å². The van der Waals surface area contributed by atoms with E-state index in [0.717, 1.165) is 0 Å². The Kier molecular flexibility index (Phi) is 3.70. The van der Waals surface area contributed by atoms with E-state index in [-0.39, 0.29) is 5.75 Å². The maximum absolute atomic E-state index is 13.7. The lowest BCUT2D eigenvalue weighted by Crippen LogP contribution is -2.33. The van der Waals surface area contributed by atoms with Crippen molar-refractivity contribution in [3.05, 3.63) is 28.0 Å². The molecular formula is C12H14BrFO3. The number of rotatable bonds is 2. The van der Waals surface area contributed by atoms with E-state index in [1.807, 2.05) is 0 Å². The Morgan fingerprint density at radius 1 is 1.41 bits per heavy atom. The van der Waals surface area contributed by atoms with Gasteiger partial charge in [0.1, 0.15) is 0 Å². The minimum Gasteiger partial charge on any atom is -0.492 e. The fraction of sp³-hybridized carbons (Fsp3) is 0.500. The number of aliphatic hydroxyl groups is 1. The van der Waals surface area contributed by atoms with Gasteiger partial charge in [-0.1, -0.05) is 0 Å². The zero-order chi connectivity index (χ0) is 12.5. The predicted molar refractivity (Wildman–Crippen MR) is 64.6 cm³/mol. The van der Waals surface area contributed by atoms with Gasteiger partial charge in [0.2, 0.25) is 0 Å². The van der Waals surface area contributed by atoms with E-state index in [2.05, 4.69) is 15.9 Å². The van der Waals surface area contributed by atoms with Crippen LogP contribution in [0.4, 0.5) is 4.39 Å². The van der Waals surface area contributed by atoms with Crippen molar-refractivity contribution >= 4 is 15.9 Å². The fourth-order valence-electron chi connectivity index (χ4n) is 2.02. The molecule has 3 nitrogen and oxygen atoms in total. The molecule has 5 heteroatoms. The third-order valence-electron chi connectivity index (χ3n) is 3.06. The first-order valence-corrected chi connectivity index (χ1v) is 6.20. The van der Waals surface area contributed by atoms with E-state index in [1.165, 1.54) is 13.2 Å². The van der Waals surface area contributed by atoms with Crippen LogP contribution in [0, 0.1) is 5.82 Å². The van der Waals surface area contributed by atoms with Crippen LogP contribution in [0.3, 0.4) is 0 Å². The molecular weight excluding hydrogens is 291 g/mol. The highest BCUT2D eigenvalue weighted by atomic mass is 79.9. The molecule has 1 saturated heterocycles. The van der Waals surface area contributed by atoms with Crippen LogP contribution in [0.15, 0.2) is 16.6 Å². The molecule has 17 heavy (non-hydrogen) atoms. The van der Waals surface area contributed by atoms with Crippen molar-refractivity contribution in [3.8, 4) is 5.75 Å². The van der Waals surface area contributed by atoms with Crippen LogP contribution in [0.2, 0.25) is 0 Å². The van der Waals surface area contributed by atoms with Gasteiger partial charge in [-0.25, -0.2) is 4.39 Å². The molecule has 0 radical (unpaired) electrons. The predicted octanol–water partition coefficient (Wildman–Crippen LogP) is 2.59. The van der Waals surface area contributed by atoms with Gasteiger partial charge in [0.15, 0.2) is 11.6 Å². The van der Waals surface area contributed by atoms with Gasteiger partial charge in [-0.2, -0.15) is 0 Å². The number of ether oxygens (including phenoxy) is 2. The summed E-state index contributed by atoms with van der Waals surface area (Å²) >= 11 is 3.24. The lowest BCUT2D eigenvalue weighted by molar-refractivity contribution is -0.0681. The molecule has 2 rings (SSSR count). The largest absolute Gasteiger partial charge is 0.492 e. The minimum absolute atomic E-state index is 0.157. The SMILES string of the molecule is COc1c(F)cc(C2(O)CCOCC2)cc1Br. The van der Waals surface area contributed by atoms with Crippen molar-refractivity contribution < 1.29 is 19.0 Å². The van der Waals surface area contributed by atoms with Crippen LogP contribution >= 0.6 is 15.9 Å². The Balaban J connectivity index is 2.39. The van der Waals surface area contributed by atoms with Crippen molar-refractivity contribution in [2.75, 3.05) is 20.3 Å². The molecule has 0 bridgehead atoms. The van der Waals surface area contributed by atoms with Crippen molar-refractivity contribution in [1.82, 2.24) is 0 Å². The second-order valence-corrected chi connectivity index (χ2v) is 4.97. The Bertz CT molecular complexity index is 393. The maximum atomic E-state index is 13.7. The van der Waals surface area contributed by atoms with E-state index < -0.39 is 11.4 Å². The van der Waals surface area contributed by atoms with E-state index in [0.29, 0.717) is 36.1 Å². The van der Waals surface area contributed by atoms with Crippen LogP contribution in [0.5, 0.6) is 5.75 Å². The number of hydrogen-bond acceptors (Lipinski definition) is 3. The standard InChI is InChI=1S/C12H14BrFO3/c1-16-11-9(13)6-8(7-10(11)14)12(15)2-4-17-5-3-12/h6-7,15H,2-5H2,1H3. The molecule has 1 heterocycles. The Labute approximate surface area is 108 Å². The third kappa shape index (κ3) is 2.46. The zero-order valence-electron chi connectivity index (χ0n) is 9.50. The molecule has 1 aliphatic heterocycles. The third-order valence-corrected chi connectivity index (χ3v) is 3.65. The summed E-state index contributed by atoms with van der Waals surface area (Å²) in [5, 5.41) is 10.4. The molecule has 0 aliphatic carbocycles. The maximum Gasteiger partial charge on any atom is 0.168 e. The second-order valence-electron chi connectivity index (χ2n) is 4.12. The van der Waals surface area contributed by atoms with Crippen molar-refractivity contribution in [2.45, 2.75) is 18.4 Å². The average Bonchev–Trinajstić information content (AvgIpc) is 2.29. The molecule has 1 aromatic carbocycles. The molecule has 0 aromatic heterocycles. The summed E-state index contributed by atoms with van der Waals surface area (Å²) in [7, 11) is 1.41. The van der Waals surface area contributed by atoms with Gasteiger partial charge in [-0.15, -0.1) is 0 Å². The van der Waals surface area contributed by atoms with Crippen molar-refractivity contribution in [1.29, 1.82) is 0 Å². The number of halogens is 2. The van der Waals surface area contributed by atoms with Crippen LogP contribution in [-0.4, -0.2) is 25.4 Å². The summed E-state index contributed by atoms with van der Waals surface area (Å²) in [5.41, 5.74) is -0.445. The first kappa shape index (κ1) is 12.8. The number of hydrogen-bond donors (Lipinski definition) is 1. The van der Waals surface area contributed by atoms with Gasteiger partial charge in [0.05, 0.1) is 17.2 Å². The monoisotopic (exact) mass is 304 g/mol. The summed E-state index contributed by atoms with van der Waals surface area (Å²) in [6.07, 6.45) is 0.955. The lowest BCUT2D eigenvalue weighted by Gasteiger charge is -2.32. The van der Waals surface area contributed by atoms with Crippen LogP contribution in [0.1, 0.15) is 18.4 Å². The van der Waals surface area contributed by atoms with E-state index in [4.69, 9.17) is 9.47 Å². The average molecular weight is 305 g/mol. The van der Waals surface area contributed by atoms with Crippen LogP contribution in [-0.2, 0) is 10.3 Å². The number of benzene rings is 1. The molecule has 1 fully saturated rings. The highest BCUT2D eigenvalue weighted by Gasteiger charge is 2.33. The summed E-state index contributed by atoms with van der Waals surface area (Å²) in [5.74, 6) is -0.318. The van der Waals surface area contributed by atoms with E-state index in [1.54, 1.807) is 6.07 Å². The molecule has 0 spiro atoms. The van der Waals surface area contributed by atoms with Crippen molar-refractivity contribution in [3.63, 3.8) is 0 Å². The topological polar surface area (TPSA) is 38.7 Å². The van der Waals surface area contributed by atoms with Gasteiger partial charge in [-0.3, -0.25) is 0 Å². The highest BCUT2D eigenvalue weighted by molar-refractivity contribution is 9.10. The molecule has 1 aromatic rings. The van der Waals surface area contributed by atoms with Gasteiger partial charge < -0.3 is 14.6 Å². The van der Waals surface area contributed by atoms with Crippen LogP contribution in [0.25, 0.3) is 0 Å². The molecule has 94 valence electrons. The molecule has 0 amide bonds. The molecule has 0 saturated carbocycles. The Morgan fingerprint density at radius 3 is 2.59 bits per heavy atom. The zero-order valence-corrected chi connectivity index (χ0v) is 11.1. The normalized spacial score (nSPS) is 19.1. The molecule has 1 N–H and O–H groups in total. The van der Waals surface area contributed by atoms with Gasteiger partial charge in [0, 0.05) is 26.1 Å². The summed E-state index contributed by atoms with van der Waals surface area (Å²) in [4.78, 5) is 0. The molecule has 1 aliphatic rings. The first-order valence-electron chi connectivity index (χ1n) is 5.40. The minimum atomic E-state index is -1.01. The quantitative estimate of drug-likeness (QED) is 0.913. The highest BCUT2D eigenvalue weighted by Crippen LogP contribution is 2.37. The van der Waals surface area contributed by atoms with Gasteiger partial charge >= 0.3 is 0 Å². The second kappa shape index (κ2) is 4.92. The number of methoxy groups -OCH3 is 1. The fourth-order valence-corrected chi connectivity index (χ4v) is 2.62. The summed E-state index contributed by atoms with van der Waals surface area (Å²) in [6.45, 7) is 0.976. The van der Waals surface area contributed by atoms with Gasteiger partial charge in [0.25, 0.3) is 0 Å². The summed E-state index contributed by atoms with van der Waals surface area (Å²) < 4.78 is 24.4. The smallest absolute Gasteiger partial charge is 0.168 e. The van der Waals surface area contributed by atoms with E-state index >= 15 is 0 Å². The molecule has 0 unspecified atom stereocenters. The Hall–Kier alpha value is -0.650. The summed E-state index contributed by atoms with van der Waals surface area (Å²) in [6, 6.07) is 3.03. The molecule has 0 atom stereocenters. The van der Waals surface area contributed by atoms with Crippen LogP contribution < -0.4 is 4.74 Å². The van der Waals surface area contributed by atoms with Crippen molar-refractivity contribution in [2.24, 2.45) is 0 Å². The lowest BCUT2D eigenvalue weighted by atomic mass is 9.86. The Morgan fingerprint density at radius 2 is 2.06 bits per heavy atom. The first-order chi connectivity index (χ1) is 8.07.